The molecule has 0 bridgehead atoms. The first-order valence-electron chi connectivity index (χ1n) is 1.64. The first-order chi connectivity index (χ1) is 2.50. The number of halogens is 2. The fraction of sp³-hybridized carbons (Fsp3) is 1.00. The highest BCUT2D eigenvalue weighted by molar-refractivity contribution is 15.0. The van der Waals surface area contributed by atoms with Gasteiger partial charge in [-0.15, -0.1) is 0 Å². The minimum atomic E-state index is 1.50. The molecule has 0 aliphatic heterocycles. The van der Waals surface area contributed by atoms with Crippen LogP contribution in [0.25, 0.3) is 0 Å². The van der Waals surface area contributed by atoms with Gasteiger partial charge in [0.2, 0.25) is 0 Å². The van der Waals surface area contributed by atoms with Crippen LogP contribution >= 0.6 is 37.2 Å². The maximum absolute atomic E-state index is 2.12. The molecule has 0 aromatic rings. The molecule has 1 rings (SSSR count). The van der Waals surface area contributed by atoms with Gasteiger partial charge in [0.1, 0.15) is 0 Å². The van der Waals surface area contributed by atoms with E-state index in [-0.39, 0.29) is 0 Å². The summed E-state index contributed by atoms with van der Waals surface area (Å²) < 4.78 is 0. The van der Waals surface area contributed by atoms with Gasteiger partial charge in [0.15, 0.2) is 0 Å². The molecule has 0 atom stereocenters. The summed E-state index contributed by atoms with van der Waals surface area (Å²) >= 11 is 4.24. The molecule has 0 saturated heterocycles. The third kappa shape index (κ3) is 10.8. The van der Waals surface area contributed by atoms with Crippen LogP contribution in [0.3, 0.4) is 0 Å². The lowest BCUT2D eigenvalue weighted by molar-refractivity contribution is 1.50. The second kappa shape index (κ2) is 5.46. The van der Waals surface area contributed by atoms with Crippen LogP contribution in [-0.2, 0) is 0 Å². The molecule has 2 heteroatoms. The van der Waals surface area contributed by atoms with Crippen LogP contribution in [-0.4, -0.2) is 0 Å². The van der Waals surface area contributed by atoms with Crippen molar-refractivity contribution in [1.82, 2.24) is 0 Å². The van der Waals surface area contributed by atoms with Crippen molar-refractivity contribution < 1.29 is 0 Å². The average Bonchev–Trinajstić information content (AvgIpc) is 2.19. The fourth-order valence-electron chi connectivity index (χ4n) is 0. The van der Waals surface area contributed by atoms with Gasteiger partial charge < -0.3 is 0 Å². The second-order valence-electron chi connectivity index (χ2n) is 1.06. The topological polar surface area (TPSA) is 0 Å². The first-order valence-corrected chi connectivity index (χ1v) is 7.93. The summed E-state index contributed by atoms with van der Waals surface area (Å²) in [7, 11) is 0. The number of hydrogen-bond acceptors (Lipinski definition) is 0. The summed E-state index contributed by atoms with van der Waals surface area (Å²) in [5.74, 6) is 0. The van der Waals surface area contributed by atoms with E-state index in [1.54, 1.807) is 0 Å². The van der Waals surface area contributed by atoms with E-state index in [2.05, 4.69) is 37.2 Å². The summed E-state index contributed by atoms with van der Waals surface area (Å²) in [4.78, 5) is 0. The Morgan fingerprint density at radius 2 is 1.00 bits per heavy atom. The van der Waals surface area contributed by atoms with Gasteiger partial charge in [0, 0.05) is 37.2 Å². The third-order valence-electron chi connectivity index (χ3n) is 0.354. The molecule has 0 amide bonds. The van der Waals surface area contributed by atoms with E-state index >= 15 is 0 Å². The van der Waals surface area contributed by atoms with Crippen molar-refractivity contribution >= 4 is 37.2 Å². The largest absolute Gasteiger partial charge is 0.0533 e. The van der Waals surface area contributed by atoms with Crippen molar-refractivity contribution in [3.63, 3.8) is 0 Å². The Balaban J connectivity index is 0.0000000733. The lowest BCUT2D eigenvalue weighted by Crippen LogP contribution is -0.856. The van der Waals surface area contributed by atoms with Crippen molar-refractivity contribution in [2.45, 2.75) is 19.3 Å². The van der Waals surface area contributed by atoms with Gasteiger partial charge in [-0.2, -0.15) is 0 Å². The Hall–Kier alpha value is 1.46. The molecular weight excluding hydrogens is 290 g/mol. The van der Waals surface area contributed by atoms with Crippen molar-refractivity contribution in [3.05, 3.63) is 0 Å². The van der Waals surface area contributed by atoms with E-state index < -0.39 is 0 Å². The van der Waals surface area contributed by atoms with Crippen molar-refractivity contribution in [3.8, 4) is 0 Å². The van der Waals surface area contributed by atoms with Gasteiger partial charge >= 0.3 is 0 Å². The quantitative estimate of drug-likeness (QED) is 0.603. The lowest BCUT2D eigenvalue weighted by Gasteiger charge is -1.05. The van der Waals surface area contributed by atoms with Gasteiger partial charge in [-0.05, 0) is 0 Å². The van der Waals surface area contributed by atoms with Crippen molar-refractivity contribution in [1.29, 1.82) is 0 Å². The van der Waals surface area contributed by atoms with E-state index in [1.807, 2.05) is 0 Å². The summed E-state index contributed by atoms with van der Waals surface area (Å²) in [5, 5.41) is 0. The van der Waals surface area contributed by atoms with Crippen LogP contribution in [0.4, 0.5) is 0 Å². The van der Waals surface area contributed by atoms with Gasteiger partial charge in [0.05, 0.1) is 0 Å². The number of hydrogen-bond donors (Lipinski definition) is 0. The van der Waals surface area contributed by atoms with E-state index in [0.717, 1.165) is 0 Å². The highest BCUT2D eigenvalue weighted by atomic mass is 128. The number of rotatable bonds is 0. The highest BCUT2D eigenvalue weighted by Crippen LogP contribution is 2.14. The van der Waals surface area contributed by atoms with Crippen molar-refractivity contribution in [2.24, 2.45) is 0 Å². The Morgan fingerprint density at radius 1 is 0.800 bits per heavy atom. The fourth-order valence-corrected chi connectivity index (χ4v) is 0. The Labute approximate surface area is 56.0 Å². The average molecular weight is 296 g/mol. The smallest absolute Gasteiger partial charge is 0 e. The third-order valence-corrected chi connectivity index (χ3v) is 0.354. The zero-order chi connectivity index (χ0) is 4.12. The van der Waals surface area contributed by atoms with Gasteiger partial charge in [-0.3, -0.25) is 0 Å². The first kappa shape index (κ1) is 6.46. The van der Waals surface area contributed by atoms with E-state index in [0.29, 0.717) is 0 Å². The zero-order valence-corrected chi connectivity index (χ0v) is 7.19. The predicted molar refractivity (Wildman–Crippen MR) is 41.9 cm³/mol. The summed E-state index contributed by atoms with van der Waals surface area (Å²) in [5.41, 5.74) is 0. The van der Waals surface area contributed by atoms with Crippen LogP contribution in [0, 0.1) is 0 Å². The molecule has 0 nitrogen and oxygen atoms in total. The minimum Gasteiger partial charge on any atom is -0.0533 e. The van der Waals surface area contributed by atoms with Gasteiger partial charge in [-0.25, -0.2) is 0 Å². The summed E-state index contributed by atoms with van der Waals surface area (Å²) in [6.07, 6.45) is 4.50. The molecule has 32 valence electrons. The molecule has 1 saturated carbocycles. The molecule has 0 spiro atoms. The van der Waals surface area contributed by atoms with Gasteiger partial charge in [0.25, 0.3) is 0 Å². The molecule has 0 heterocycles. The van der Waals surface area contributed by atoms with Crippen LogP contribution < -0.4 is 0 Å². The zero-order valence-electron chi connectivity index (χ0n) is 2.88. The van der Waals surface area contributed by atoms with Crippen molar-refractivity contribution in [2.75, 3.05) is 0 Å². The summed E-state index contributed by atoms with van der Waals surface area (Å²) in [6.45, 7) is 0. The van der Waals surface area contributed by atoms with E-state index in [9.17, 15) is 0 Å². The molecular formula is C3H6I2. The molecule has 0 aromatic carbocycles. The van der Waals surface area contributed by atoms with Crippen LogP contribution in [0.1, 0.15) is 19.3 Å². The molecule has 1 aliphatic carbocycles. The highest BCUT2D eigenvalue weighted by Gasteiger charge is 1.95. The van der Waals surface area contributed by atoms with Gasteiger partial charge in [-0.1, -0.05) is 19.3 Å². The second-order valence-corrected chi connectivity index (χ2v) is 1.06. The SMILES string of the molecule is C1CC1.II. The standard InChI is InChI=1S/C3H6.I2/c1-2-3-1;1-2/h1-3H2;. The molecule has 0 aromatic heterocycles. The van der Waals surface area contributed by atoms with Crippen LogP contribution in [0.2, 0.25) is 0 Å². The van der Waals surface area contributed by atoms with Crippen LogP contribution in [0.15, 0.2) is 0 Å². The van der Waals surface area contributed by atoms with E-state index in [1.165, 1.54) is 19.3 Å². The lowest BCUT2D eigenvalue weighted by atomic mass is 11.0. The van der Waals surface area contributed by atoms with E-state index in [4.69, 9.17) is 0 Å². The Kier molecular flexibility index (Phi) is 7.05. The summed E-state index contributed by atoms with van der Waals surface area (Å²) in [6, 6.07) is 0. The molecule has 1 fully saturated rings. The Bertz CT molecular complexity index is 9.61. The molecule has 0 radical (unpaired) electrons. The maximum atomic E-state index is 2.12. The monoisotopic (exact) mass is 296 g/mol. The molecule has 0 N–H and O–H groups in total. The minimum absolute atomic E-state index is 1.50. The molecule has 1 aliphatic rings. The maximum Gasteiger partial charge on any atom is 0 e. The molecule has 5 heavy (non-hydrogen) atoms. The normalized spacial score (nSPS) is 15.6. The van der Waals surface area contributed by atoms with Crippen LogP contribution in [0.5, 0.6) is 0 Å². The molecule has 0 unspecified atom stereocenters. The Morgan fingerprint density at radius 3 is 1.00 bits per heavy atom. The predicted octanol–water partition coefficient (Wildman–Crippen LogP) is 2.94.